The van der Waals surface area contributed by atoms with E-state index in [2.05, 4.69) is 12.2 Å². The third-order valence-electron chi connectivity index (χ3n) is 4.68. The van der Waals surface area contributed by atoms with E-state index in [1.165, 1.54) is 12.8 Å². The van der Waals surface area contributed by atoms with Crippen LogP contribution in [0, 0.1) is 11.8 Å². The van der Waals surface area contributed by atoms with Crippen LogP contribution in [-0.2, 0) is 9.53 Å². The molecule has 0 aromatic carbocycles. The van der Waals surface area contributed by atoms with Crippen LogP contribution in [0.3, 0.4) is 0 Å². The first-order valence-electron chi connectivity index (χ1n) is 7.49. The number of amides is 1. The number of carbonyl (C=O) groups is 1. The predicted octanol–water partition coefficient (Wildman–Crippen LogP) is 2.89. The summed E-state index contributed by atoms with van der Waals surface area (Å²) in [5.74, 6) is 1.64. The fraction of sp³-hybridized carbons (Fsp3) is 0.933. The molecule has 104 valence electrons. The van der Waals surface area contributed by atoms with Crippen molar-refractivity contribution in [3.63, 3.8) is 0 Å². The van der Waals surface area contributed by atoms with Gasteiger partial charge in [0.05, 0.1) is 6.10 Å². The Kier molecular flexibility index (Phi) is 5.04. The molecule has 0 unspecified atom stereocenters. The van der Waals surface area contributed by atoms with Gasteiger partial charge in [0.15, 0.2) is 0 Å². The first kappa shape index (κ1) is 13.9. The molecule has 0 heterocycles. The van der Waals surface area contributed by atoms with Crippen molar-refractivity contribution < 1.29 is 9.53 Å². The van der Waals surface area contributed by atoms with Gasteiger partial charge in [0.2, 0.25) is 5.91 Å². The molecule has 2 aliphatic carbocycles. The normalized spacial score (nSPS) is 36.6. The Hall–Kier alpha value is -0.570. The first-order valence-corrected chi connectivity index (χ1v) is 7.49. The Labute approximate surface area is 111 Å². The van der Waals surface area contributed by atoms with Crippen LogP contribution in [0.2, 0.25) is 0 Å². The molecule has 2 saturated carbocycles. The molecule has 2 fully saturated rings. The van der Waals surface area contributed by atoms with E-state index in [1.54, 1.807) is 7.11 Å². The van der Waals surface area contributed by atoms with E-state index >= 15 is 0 Å². The summed E-state index contributed by atoms with van der Waals surface area (Å²) >= 11 is 0. The second-order valence-corrected chi connectivity index (χ2v) is 6.27. The molecular weight excluding hydrogens is 226 g/mol. The van der Waals surface area contributed by atoms with Crippen LogP contribution in [0.1, 0.15) is 58.3 Å². The molecule has 18 heavy (non-hydrogen) atoms. The topological polar surface area (TPSA) is 38.3 Å². The number of hydrogen-bond acceptors (Lipinski definition) is 2. The zero-order valence-corrected chi connectivity index (χ0v) is 11.8. The third kappa shape index (κ3) is 3.98. The molecule has 0 bridgehead atoms. The van der Waals surface area contributed by atoms with Gasteiger partial charge in [-0.3, -0.25) is 4.79 Å². The molecule has 2 atom stereocenters. The Morgan fingerprint density at radius 1 is 1.17 bits per heavy atom. The minimum Gasteiger partial charge on any atom is -0.381 e. The van der Waals surface area contributed by atoms with Gasteiger partial charge in [0.1, 0.15) is 0 Å². The molecule has 1 N–H and O–H groups in total. The lowest BCUT2D eigenvalue weighted by atomic mass is 9.87. The molecule has 3 nitrogen and oxygen atoms in total. The second-order valence-electron chi connectivity index (χ2n) is 6.27. The standard InChI is InChI=1S/C15H27NO2/c1-11-3-6-13(7-4-11)16-15(17)10-12-5-8-14(9-12)18-2/h11-14H,3-10H2,1-2H3,(H,16,17)/t11-,12-,13-,14-/m0/s1. The van der Waals surface area contributed by atoms with E-state index in [0.717, 1.165) is 38.0 Å². The fourth-order valence-corrected chi connectivity index (χ4v) is 3.38. The minimum absolute atomic E-state index is 0.260. The summed E-state index contributed by atoms with van der Waals surface area (Å²) in [6.45, 7) is 2.31. The van der Waals surface area contributed by atoms with Gasteiger partial charge >= 0.3 is 0 Å². The summed E-state index contributed by atoms with van der Waals surface area (Å²) in [5, 5.41) is 3.22. The van der Waals surface area contributed by atoms with E-state index in [4.69, 9.17) is 4.74 Å². The van der Waals surface area contributed by atoms with Crippen molar-refractivity contribution in [1.82, 2.24) is 5.32 Å². The molecule has 0 aliphatic heterocycles. The largest absolute Gasteiger partial charge is 0.381 e. The Balaban J connectivity index is 1.66. The molecule has 0 aromatic rings. The van der Waals surface area contributed by atoms with Crippen molar-refractivity contribution >= 4 is 5.91 Å². The molecule has 0 radical (unpaired) electrons. The maximum Gasteiger partial charge on any atom is 0.220 e. The summed E-state index contributed by atoms with van der Waals surface area (Å²) in [6.07, 6.45) is 9.27. The van der Waals surface area contributed by atoms with Gasteiger partial charge in [-0.2, -0.15) is 0 Å². The predicted molar refractivity (Wildman–Crippen MR) is 72.3 cm³/mol. The highest BCUT2D eigenvalue weighted by Crippen LogP contribution is 2.30. The van der Waals surface area contributed by atoms with Crippen molar-refractivity contribution in [2.75, 3.05) is 7.11 Å². The van der Waals surface area contributed by atoms with Gasteiger partial charge in [-0.15, -0.1) is 0 Å². The van der Waals surface area contributed by atoms with Crippen LogP contribution >= 0.6 is 0 Å². The lowest BCUT2D eigenvalue weighted by molar-refractivity contribution is -0.123. The van der Waals surface area contributed by atoms with Crippen LogP contribution < -0.4 is 5.32 Å². The van der Waals surface area contributed by atoms with Crippen molar-refractivity contribution in [1.29, 1.82) is 0 Å². The molecule has 1 amide bonds. The van der Waals surface area contributed by atoms with Gasteiger partial charge < -0.3 is 10.1 Å². The maximum absolute atomic E-state index is 12.0. The SMILES string of the molecule is CO[C@H]1CC[C@H](CC(=O)N[C@H]2CC[C@H](C)CC2)C1. The molecule has 2 rings (SSSR count). The van der Waals surface area contributed by atoms with Crippen molar-refractivity contribution in [3.05, 3.63) is 0 Å². The van der Waals surface area contributed by atoms with Crippen LogP contribution in [0.15, 0.2) is 0 Å². The molecule has 0 saturated heterocycles. The number of rotatable bonds is 4. The summed E-state index contributed by atoms with van der Waals surface area (Å²) in [7, 11) is 1.77. The summed E-state index contributed by atoms with van der Waals surface area (Å²) in [6, 6.07) is 0.438. The number of hydrogen-bond donors (Lipinski definition) is 1. The highest BCUT2D eigenvalue weighted by atomic mass is 16.5. The number of carbonyl (C=O) groups excluding carboxylic acids is 1. The van der Waals surface area contributed by atoms with Crippen LogP contribution in [-0.4, -0.2) is 25.2 Å². The quantitative estimate of drug-likeness (QED) is 0.836. The Morgan fingerprint density at radius 2 is 1.89 bits per heavy atom. The highest BCUT2D eigenvalue weighted by molar-refractivity contribution is 5.76. The van der Waals surface area contributed by atoms with Crippen molar-refractivity contribution in [3.8, 4) is 0 Å². The van der Waals surface area contributed by atoms with Gasteiger partial charge in [-0.25, -0.2) is 0 Å². The van der Waals surface area contributed by atoms with E-state index in [9.17, 15) is 4.79 Å². The zero-order valence-electron chi connectivity index (χ0n) is 11.8. The molecule has 3 heteroatoms. The average molecular weight is 253 g/mol. The van der Waals surface area contributed by atoms with Crippen molar-refractivity contribution in [2.45, 2.75) is 70.4 Å². The van der Waals surface area contributed by atoms with Gasteiger partial charge in [-0.05, 0) is 56.8 Å². The maximum atomic E-state index is 12.0. The van der Waals surface area contributed by atoms with Gasteiger partial charge in [0, 0.05) is 19.6 Å². The van der Waals surface area contributed by atoms with Crippen LogP contribution in [0.5, 0.6) is 0 Å². The smallest absolute Gasteiger partial charge is 0.220 e. The van der Waals surface area contributed by atoms with Crippen molar-refractivity contribution in [2.24, 2.45) is 11.8 Å². The number of nitrogens with one attached hydrogen (secondary N) is 1. The van der Waals surface area contributed by atoms with E-state index < -0.39 is 0 Å². The lowest BCUT2D eigenvalue weighted by Gasteiger charge is -2.27. The van der Waals surface area contributed by atoms with Gasteiger partial charge in [-0.1, -0.05) is 6.92 Å². The molecule has 0 aromatic heterocycles. The fourth-order valence-electron chi connectivity index (χ4n) is 3.38. The van der Waals surface area contributed by atoms with E-state index in [0.29, 0.717) is 24.5 Å². The Morgan fingerprint density at radius 3 is 2.50 bits per heavy atom. The molecular formula is C15H27NO2. The molecule has 0 spiro atoms. The van der Waals surface area contributed by atoms with E-state index in [-0.39, 0.29) is 5.91 Å². The minimum atomic E-state index is 0.260. The van der Waals surface area contributed by atoms with Gasteiger partial charge in [0.25, 0.3) is 0 Å². The van der Waals surface area contributed by atoms with Crippen LogP contribution in [0.4, 0.5) is 0 Å². The second kappa shape index (κ2) is 6.55. The average Bonchev–Trinajstić information content (AvgIpc) is 2.79. The summed E-state index contributed by atoms with van der Waals surface area (Å²) < 4.78 is 5.35. The molecule has 2 aliphatic rings. The number of ether oxygens (including phenoxy) is 1. The van der Waals surface area contributed by atoms with Crippen LogP contribution in [0.25, 0.3) is 0 Å². The third-order valence-corrected chi connectivity index (χ3v) is 4.68. The lowest BCUT2D eigenvalue weighted by Crippen LogP contribution is -2.38. The summed E-state index contributed by atoms with van der Waals surface area (Å²) in [5.41, 5.74) is 0. The number of methoxy groups -OCH3 is 1. The highest BCUT2D eigenvalue weighted by Gasteiger charge is 2.27. The first-order chi connectivity index (χ1) is 8.67. The zero-order chi connectivity index (χ0) is 13.0. The van der Waals surface area contributed by atoms with E-state index in [1.807, 2.05) is 0 Å². The summed E-state index contributed by atoms with van der Waals surface area (Å²) in [4.78, 5) is 12.0. The monoisotopic (exact) mass is 253 g/mol. The Bertz CT molecular complexity index is 266.